The first kappa shape index (κ1) is 19.2. The Morgan fingerprint density at radius 1 is 0.935 bits per heavy atom. The molecule has 0 unspecified atom stereocenters. The number of hydrogen-bond donors (Lipinski definition) is 0. The zero-order valence-corrected chi connectivity index (χ0v) is 17.3. The standard InChI is InChI=1S/C23H21N5O3/c1-30-13-5-12-27-14-24-21-19(23(27)29)20-22(26-18-7-4-3-6-17(18)25-20)28(21)15-8-10-16(31-2)11-9-15/h3-4,6-11,14H,5,12-13H2,1-2H3. The van der Waals surface area contributed by atoms with Gasteiger partial charge in [0.1, 0.15) is 16.7 Å². The third kappa shape index (κ3) is 3.21. The average molecular weight is 415 g/mol. The summed E-state index contributed by atoms with van der Waals surface area (Å²) in [7, 11) is 3.27. The van der Waals surface area contributed by atoms with E-state index in [1.165, 1.54) is 0 Å². The van der Waals surface area contributed by atoms with E-state index in [1.807, 2.05) is 53.1 Å². The molecule has 31 heavy (non-hydrogen) atoms. The summed E-state index contributed by atoms with van der Waals surface area (Å²) in [4.78, 5) is 27.7. The van der Waals surface area contributed by atoms with Gasteiger partial charge < -0.3 is 9.47 Å². The van der Waals surface area contributed by atoms with E-state index in [2.05, 4.69) is 4.98 Å². The highest BCUT2D eigenvalue weighted by molar-refractivity contribution is 6.05. The summed E-state index contributed by atoms with van der Waals surface area (Å²) in [6.45, 7) is 1.09. The van der Waals surface area contributed by atoms with E-state index in [0.717, 1.165) is 28.9 Å². The fourth-order valence-electron chi connectivity index (χ4n) is 3.79. The summed E-state index contributed by atoms with van der Waals surface area (Å²) in [5.74, 6) is 0.745. The molecule has 8 nitrogen and oxygen atoms in total. The third-order valence-corrected chi connectivity index (χ3v) is 5.31. The highest BCUT2D eigenvalue weighted by Gasteiger charge is 2.20. The van der Waals surface area contributed by atoms with Gasteiger partial charge in [-0.15, -0.1) is 0 Å². The Balaban J connectivity index is 1.83. The summed E-state index contributed by atoms with van der Waals surface area (Å²) in [6.07, 6.45) is 2.30. The van der Waals surface area contributed by atoms with Gasteiger partial charge in [0.15, 0.2) is 11.3 Å². The molecule has 0 bridgehead atoms. The molecule has 3 aromatic heterocycles. The van der Waals surface area contributed by atoms with Crippen molar-refractivity contribution in [3.63, 3.8) is 0 Å². The van der Waals surface area contributed by atoms with Gasteiger partial charge in [-0.2, -0.15) is 0 Å². The second-order valence-corrected chi connectivity index (χ2v) is 7.21. The number of methoxy groups -OCH3 is 2. The Hall–Kier alpha value is -3.78. The molecule has 3 heterocycles. The maximum absolute atomic E-state index is 13.4. The first-order chi connectivity index (χ1) is 15.2. The van der Waals surface area contributed by atoms with Gasteiger partial charge in [0, 0.05) is 25.9 Å². The molecule has 0 radical (unpaired) electrons. The molecule has 0 aliphatic rings. The summed E-state index contributed by atoms with van der Waals surface area (Å²) in [5, 5.41) is 0.462. The minimum Gasteiger partial charge on any atom is -0.497 e. The highest BCUT2D eigenvalue weighted by Crippen LogP contribution is 2.28. The molecule has 5 aromatic rings. The van der Waals surface area contributed by atoms with Crippen LogP contribution in [-0.2, 0) is 11.3 Å². The number of benzene rings is 2. The van der Waals surface area contributed by atoms with Crippen LogP contribution in [0.5, 0.6) is 5.75 Å². The molecule has 0 N–H and O–H groups in total. The van der Waals surface area contributed by atoms with Crippen molar-refractivity contribution in [2.24, 2.45) is 0 Å². The van der Waals surface area contributed by atoms with Crippen LogP contribution >= 0.6 is 0 Å². The molecular weight excluding hydrogens is 394 g/mol. The Labute approximate surface area is 177 Å². The molecule has 2 aromatic carbocycles. The van der Waals surface area contributed by atoms with Gasteiger partial charge >= 0.3 is 0 Å². The van der Waals surface area contributed by atoms with Crippen molar-refractivity contribution in [1.29, 1.82) is 0 Å². The molecule has 8 heteroatoms. The molecule has 0 atom stereocenters. The molecule has 156 valence electrons. The number of para-hydroxylation sites is 2. The van der Waals surface area contributed by atoms with Gasteiger partial charge in [0.2, 0.25) is 0 Å². The van der Waals surface area contributed by atoms with Gasteiger partial charge in [-0.25, -0.2) is 15.0 Å². The molecule has 0 aliphatic heterocycles. The van der Waals surface area contributed by atoms with Gasteiger partial charge in [0.25, 0.3) is 5.56 Å². The van der Waals surface area contributed by atoms with Crippen LogP contribution in [0.1, 0.15) is 6.42 Å². The Morgan fingerprint density at radius 3 is 2.39 bits per heavy atom. The fourth-order valence-corrected chi connectivity index (χ4v) is 3.79. The van der Waals surface area contributed by atoms with E-state index in [1.54, 1.807) is 25.1 Å². The molecule has 0 amide bonds. The Morgan fingerprint density at radius 2 is 1.68 bits per heavy atom. The molecule has 0 aliphatic carbocycles. The predicted octanol–water partition coefficient (Wildman–Crippen LogP) is 3.33. The smallest absolute Gasteiger partial charge is 0.265 e. The minimum atomic E-state index is -0.136. The molecular formula is C23H21N5O3. The zero-order valence-electron chi connectivity index (χ0n) is 17.3. The van der Waals surface area contributed by atoms with Gasteiger partial charge in [0.05, 0.1) is 24.5 Å². The lowest BCUT2D eigenvalue weighted by molar-refractivity contribution is 0.190. The summed E-state index contributed by atoms with van der Waals surface area (Å²) >= 11 is 0. The lowest BCUT2D eigenvalue weighted by Gasteiger charge is -2.08. The van der Waals surface area contributed by atoms with Crippen LogP contribution in [0.25, 0.3) is 38.9 Å². The van der Waals surface area contributed by atoms with Crippen molar-refractivity contribution in [3.05, 3.63) is 65.2 Å². The van der Waals surface area contributed by atoms with Crippen LogP contribution in [0.2, 0.25) is 0 Å². The third-order valence-electron chi connectivity index (χ3n) is 5.31. The van der Waals surface area contributed by atoms with E-state index in [0.29, 0.717) is 35.3 Å². The predicted molar refractivity (Wildman–Crippen MR) is 119 cm³/mol. The molecule has 0 fully saturated rings. The monoisotopic (exact) mass is 415 g/mol. The van der Waals surface area contributed by atoms with E-state index in [4.69, 9.17) is 19.4 Å². The first-order valence-electron chi connectivity index (χ1n) is 10.0. The van der Waals surface area contributed by atoms with Crippen LogP contribution < -0.4 is 10.3 Å². The minimum absolute atomic E-state index is 0.136. The maximum atomic E-state index is 13.4. The normalized spacial score (nSPS) is 11.5. The molecule has 0 saturated carbocycles. The summed E-state index contributed by atoms with van der Waals surface area (Å²) in [6, 6.07) is 15.2. The van der Waals surface area contributed by atoms with Crippen LogP contribution in [0.3, 0.4) is 0 Å². The van der Waals surface area contributed by atoms with E-state index >= 15 is 0 Å². The van der Waals surface area contributed by atoms with Gasteiger partial charge in [-0.1, -0.05) is 12.1 Å². The van der Waals surface area contributed by atoms with Gasteiger partial charge in [-0.3, -0.25) is 13.9 Å². The van der Waals surface area contributed by atoms with Crippen LogP contribution in [0.4, 0.5) is 0 Å². The van der Waals surface area contributed by atoms with E-state index in [9.17, 15) is 4.79 Å². The number of fused-ring (bicyclic) bond motifs is 4. The van der Waals surface area contributed by atoms with Crippen molar-refractivity contribution in [2.75, 3.05) is 20.8 Å². The van der Waals surface area contributed by atoms with Crippen LogP contribution in [0.15, 0.2) is 59.7 Å². The average Bonchev–Trinajstić information content (AvgIpc) is 3.13. The number of nitrogens with zero attached hydrogens (tertiary/aromatic N) is 5. The molecule has 5 rings (SSSR count). The first-order valence-corrected chi connectivity index (χ1v) is 10.0. The van der Waals surface area contributed by atoms with Gasteiger partial charge in [-0.05, 0) is 42.8 Å². The number of hydrogen-bond acceptors (Lipinski definition) is 6. The number of aromatic nitrogens is 5. The van der Waals surface area contributed by atoms with Crippen LogP contribution in [0, 0.1) is 0 Å². The van der Waals surface area contributed by atoms with Crippen molar-refractivity contribution >= 4 is 33.2 Å². The SMILES string of the molecule is COCCCn1cnc2c(c1=O)c1nc3ccccc3nc1n2-c1ccc(OC)cc1. The lowest BCUT2D eigenvalue weighted by Crippen LogP contribution is -2.21. The zero-order chi connectivity index (χ0) is 21.4. The van der Waals surface area contributed by atoms with Crippen molar-refractivity contribution in [3.8, 4) is 11.4 Å². The second kappa shape index (κ2) is 7.81. The molecule has 0 saturated heterocycles. The fraction of sp³-hybridized carbons (Fsp3) is 0.217. The van der Waals surface area contributed by atoms with E-state index in [-0.39, 0.29) is 5.56 Å². The van der Waals surface area contributed by atoms with Crippen molar-refractivity contribution in [2.45, 2.75) is 13.0 Å². The Bertz CT molecular complexity index is 1450. The second-order valence-electron chi connectivity index (χ2n) is 7.21. The maximum Gasteiger partial charge on any atom is 0.265 e. The van der Waals surface area contributed by atoms with Crippen molar-refractivity contribution < 1.29 is 9.47 Å². The summed E-state index contributed by atoms with van der Waals surface area (Å²) < 4.78 is 13.9. The quantitative estimate of drug-likeness (QED) is 0.396. The molecule has 0 spiro atoms. The van der Waals surface area contributed by atoms with E-state index < -0.39 is 0 Å². The summed E-state index contributed by atoms with van der Waals surface area (Å²) in [5.41, 5.74) is 3.85. The largest absolute Gasteiger partial charge is 0.497 e. The lowest BCUT2D eigenvalue weighted by atomic mass is 10.3. The van der Waals surface area contributed by atoms with Crippen LogP contribution in [-0.4, -0.2) is 44.9 Å². The topological polar surface area (TPSA) is 84.1 Å². The Kier molecular flexibility index (Phi) is 4.83. The number of rotatable bonds is 6. The highest BCUT2D eigenvalue weighted by atomic mass is 16.5. The number of ether oxygens (including phenoxy) is 2. The number of aryl methyl sites for hydroxylation is 1. The van der Waals surface area contributed by atoms with Crippen molar-refractivity contribution in [1.82, 2.24) is 24.1 Å².